The van der Waals surface area contributed by atoms with Crippen LogP contribution < -0.4 is 16.0 Å². The topological polar surface area (TPSA) is 70.2 Å². The van der Waals surface area contributed by atoms with Crippen molar-refractivity contribution in [1.29, 1.82) is 0 Å². The lowest BCUT2D eigenvalue weighted by molar-refractivity contribution is -0.117. The number of nitrogens with one attached hydrogen (secondary N) is 3. The monoisotopic (exact) mass is 289 g/mol. The molecule has 2 amide bonds. The molecule has 0 aliphatic carbocycles. The Morgan fingerprint density at radius 3 is 2.10 bits per heavy atom. The van der Waals surface area contributed by atoms with Crippen LogP contribution in [0.25, 0.3) is 0 Å². The van der Waals surface area contributed by atoms with Gasteiger partial charge in [0.15, 0.2) is 0 Å². The number of hydrogen-bond acceptors (Lipinski definition) is 3. The van der Waals surface area contributed by atoms with Crippen LogP contribution in [0.4, 0.5) is 11.4 Å². The predicted octanol–water partition coefficient (Wildman–Crippen LogP) is 2.36. The SMILES string of the molecule is CCC(=O)Nc1ccc(NC(=O)CC2CCNCC2)cc1. The molecule has 0 atom stereocenters. The van der Waals surface area contributed by atoms with Gasteiger partial charge in [-0.25, -0.2) is 0 Å². The van der Waals surface area contributed by atoms with Gasteiger partial charge in [-0.15, -0.1) is 0 Å². The van der Waals surface area contributed by atoms with Gasteiger partial charge in [-0.1, -0.05) is 6.92 Å². The van der Waals surface area contributed by atoms with E-state index in [1.54, 1.807) is 12.1 Å². The smallest absolute Gasteiger partial charge is 0.224 e. The summed E-state index contributed by atoms with van der Waals surface area (Å²) in [5.41, 5.74) is 1.52. The van der Waals surface area contributed by atoms with Crippen LogP contribution in [0.3, 0.4) is 0 Å². The molecular weight excluding hydrogens is 266 g/mol. The summed E-state index contributed by atoms with van der Waals surface area (Å²) in [4.78, 5) is 23.3. The van der Waals surface area contributed by atoms with Crippen molar-refractivity contribution in [2.24, 2.45) is 5.92 Å². The standard InChI is InChI=1S/C16H23N3O2/c1-2-15(20)18-13-3-5-14(6-4-13)19-16(21)11-12-7-9-17-10-8-12/h3-6,12,17H,2,7-11H2,1H3,(H,18,20)(H,19,21). The van der Waals surface area contributed by atoms with Gasteiger partial charge in [-0.3, -0.25) is 9.59 Å². The highest BCUT2D eigenvalue weighted by Crippen LogP contribution is 2.18. The molecule has 1 fully saturated rings. The molecule has 0 bridgehead atoms. The van der Waals surface area contributed by atoms with Crippen LogP contribution in [0.1, 0.15) is 32.6 Å². The van der Waals surface area contributed by atoms with Gasteiger partial charge in [0.25, 0.3) is 0 Å². The molecule has 114 valence electrons. The van der Waals surface area contributed by atoms with Crippen molar-refractivity contribution < 1.29 is 9.59 Å². The van der Waals surface area contributed by atoms with E-state index in [1.807, 2.05) is 19.1 Å². The van der Waals surface area contributed by atoms with E-state index in [0.29, 0.717) is 18.8 Å². The van der Waals surface area contributed by atoms with Gasteiger partial charge in [0.2, 0.25) is 11.8 Å². The van der Waals surface area contributed by atoms with Gasteiger partial charge >= 0.3 is 0 Å². The fourth-order valence-corrected chi connectivity index (χ4v) is 2.45. The number of amides is 2. The second kappa shape index (κ2) is 7.78. The molecule has 0 radical (unpaired) electrons. The number of carbonyl (C=O) groups is 2. The summed E-state index contributed by atoms with van der Waals surface area (Å²) in [6.07, 6.45) is 3.16. The minimum Gasteiger partial charge on any atom is -0.326 e. The predicted molar refractivity (Wildman–Crippen MR) is 84.2 cm³/mol. The first kappa shape index (κ1) is 15.5. The van der Waals surface area contributed by atoms with Crippen molar-refractivity contribution in [2.75, 3.05) is 23.7 Å². The molecule has 1 aliphatic heterocycles. The second-order valence-corrected chi connectivity index (χ2v) is 5.42. The number of piperidine rings is 1. The number of anilines is 2. The highest BCUT2D eigenvalue weighted by Gasteiger charge is 2.16. The molecule has 5 heteroatoms. The molecule has 0 unspecified atom stereocenters. The molecule has 3 N–H and O–H groups in total. The summed E-state index contributed by atoms with van der Waals surface area (Å²) < 4.78 is 0. The Morgan fingerprint density at radius 2 is 1.57 bits per heavy atom. The number of rotatable bonds is 5. The van der Waals surface area contributed by atoms with E-state index in [-0.39, 0.29) is 11.8 Å². The van der Waals surface area contributed by atoms with Crippen LogP contribution in [0, 0.1) is 5.92 Å². The Kier molecular flexibility index (Phi) is 5.75. The molecule has 0 saturated carbocycles. The first-order valence-corrected chi connectivity index (χ1v) is 7.58. The number of hydrogen-bond donors (Lipinski definition) is 3. The molecule has 1 aromatic rings. The van der Waals surface area contributed by atoms with Crippen LogP contribution in [-0.2, 0) is 9.59 Å². The van der Waals surface area contributed by atoms with Crippen LogP contribution in [0.5, 0.6) is 0 Å². The molecule has 1 saturated heterocycles. The van der Waals surface area contributed by atoms with Crippen LogP contribution in [0.15, 0.2) is 24.3 Å². The van der Waals surface area contributed by atoms with Crippen molar-refractivity contribution in [3.05, 3.63) is 24.3 Å². The number of benzene rings is 1. The Labute approximate surface area is 125 Å². The van der Waals surface area contributed by atoms with Crippen molar-refractivity contribution in [3.8, 4) is 0 Å². The van der Waals surface area contributed by atoms with E-state index >= 15 is 0 Å². The van der Waals surface area contributed by atoms with Crippen LogP contribution in [0.2, 0.25) is 0 Å². The van der Waals surface area contributed by atoms with Gasteiger partial charge in [-0.05, 0) is 56.1 Å². The van der Waals surface area contributed by atoms with Crippen molar-refractivity contribution >= 4 is 23.2 Å². The highest BCUT2D eigenvalue weighted by atomic mass is 16.2. The molecule has 2 rings (SSSR count). The van der Waals surface area contributed by atoms with E-state index in [9.17, 15) is 9.59 Å². The fourth-order valence-electron chi connectivity index (χ4n) is 2.45. The highest BCUT2D eigenvalue weighted by molar-refractivity contribution is 5.92. The average Bonchev–Trinajstić information content (AvgIpc) is 2.50. The van der Waals surface area contributed by atoms with E-state index in [0.717, 1.165) is 37.3 Å². The van der Waals surface area contributed by atoms with E-state index < -0.39 is 0 Å². The minimum absolute atomic E-state index is 0.0160. The third kappa shape index (κ3) is 5.19. The van der Waals surface area contributed by atoms with Gasteiger partial charge < -0.3 is 16.0 Å². The van der Waals surface area contributed by atoms with Gasteiger partial charge in [0.05, 0.1) is 0 Å². The molecular formula is C16H23N3O2. The fraction of sp³-hybridized carbons (Fsp3) is 0.500. The van der Waals surface area contributed by atoms with Gasteiger partial charge in [0.1, 0.15) is 0 Å². The molecule has 1 aromatic carbocycles. The van der Waals surface area contributed by atoms with E-state index in [1.165, 1.54) is 0 Å². The number of carbonyl (C=O) groups excluding carboxylic acids is 2. The van der Waals surface area contributed by atoms with Crippen LogP contribution >= 0.6 is 0 Å². The summed E-state index contributed by atoms with van der Waals surface area (Å²) in [6.45, 7) is 3.82. The summed E-state index contributed by atoms with van der Waals surface area (Å²) in [6, 6.07) is 7.22. The maximum Gasteiger partial charge on any atom is 0.224 e. The third-order valence-corrected chi connectivity index (χ3v) is 3.71. The van der Waals surface area contributed by atoms with Crippen molar-refractivity contribution in [2.45, 2.75) is 32.6 Å². The summed E-state index contributed by atoms with van der Waals surface area (Å²) >= 11 is 0. The van der Waals surface area contributed by atoms with E-state index in [4.69, 9.17) is 0 Å². The Hall–Kier alpha value is -1.88. The molecule has 1 heterocycles. The van der Waals surface area contributed by atoms with Gasteiger partial charge in [-0.2, -0.15) is 0 Å². The molecule has 0 aromatic heterocycles. The van der Waals surface area contributed by atoms with Crippen LogP contribution in [-0.4, -0.2) is 24.9 Å². The lowest BCUT2D eigenvalue weighted by atomic mass is 9.94. The second-order valence-electron chi connectivity index (χ2n) is 5.42. The van der Waals surface area contributed by atoms with Crippen molar-refractivity contribution in [1.82, 2.24) is 5.32 Å². The Balaban J connectivity index is 1.81. The van der Waals surface area contributed by atoms with E-state index in [2.05, 4.69) is 16.0 Å². The first-order valence-electron chi connectivity index (χ1n) is 7.58. The minimum atomic E-state index is -0.0160. The summed E-state index contributed by atoms with van der Waals surface area (Å²) in [7, 11) is 0. The zero-order valence-electron chi connectivity index (χ0n) is 12.4. The lowest BCUT2D eigenvalue weighted by Gasteiger charge is -2.21. The normalized spacial score (nSPS) is 15.5. The molecule has 21 heavy (non-hydrogen) atoms. The summed E-state index contributed by atoms with van der Waals surface area (Å²) in [5, 5.41) is 8.99. The average molecular weight is 289 g/mol. The maximum atomic E-state index is 12.0. The Bertz CT molecular complexity index is 479. The van der Waals surface area contributed by atoms with Crippen molar-refractivity contribution in [3.63, 3.8) is 0 Å². The third-order valence-electron chi connectivity index (χ3n) is 3.71. The Morgan fingerprint density at radius 1 is 1.05 bits per heavy atom. The maximum absolute atomic E-state index is 12.0. The molecule has 1 aliphatic rings. The first-order chi connectivity index (χ1) is 10.2. The zero-order chi connectivity index (χ0) is 15.1. The zero-order valence-corrected chi connectivity index (χ0v) is 12.4. The lowest BCUT2D eigenvalue weighted by Crippen LogP contribution is -2.30. The quantitative estimate of drug-likeness (QED) is 0.779. The van der Waals surface area contributed by atoms with Gasteiger partial charge in [0, 0.05) is 24.2 Å². The summed E-state index contributed by atoms with van der Waals surface area (Å²) in [5.74, 6) is 0.527. The molecule has 0 spiro atoms. The molecule has 5 nitrogen and oxygen atoms in total. The largest absolute Gasteiger partial charge is 0.326 e.